The van der Waals surface area contributed by atoms with E-state index in [2.05, 4.69) is 22.4 Å². The predicted molar refractivity (Wildman–Crippen MR) is 122 cm³/mol. The van der Waals surface area contributed by atoms with Gasteiger partial charge in [-0.3, -0.25) is 4.79 Å². The minimum absolute atomic E-state index is 0.0523. The Morgan fingerprint density at radius 2 is 1.53 bits per heavy atom. The molecular formula is C24H40FN3O2. The van der Waals surface area contributed by atoms with Gasteiger partial charge in [0.05, 0.1) is 6.04 Å². The number of aryl methyl sites for hydroxylation is 1. The number of unbranched alkanes of at least 4 members (excludes halogenated alkanes) is 9. The van der Waals surface area contributed by atoms with Crippen molar-refractivity contribution in [3.8, 4) is 0 Å². The SMILES string of the molecule is CCCCCCCCCCCCc1ccc(C(=O)NC(/C(N)=N/OF)C(C)C)cc1. The number of carbonyl (C=O) groups excluding carboxylic acids is 1. The number of hydrogen-bond donors (Lipinski definition) is 2. The number of amidine groups is 1. The van der Waals surface area contributed by atoms with Gasteiger partial charge >= 0.3 is 0 Å². The van der Waals surface area contributed by atoms with Crippen LogP contribution in [0.2, 0.25) is 0 Å². The summed E-state index contributed by atoms with van der Waals surface area (Å²) in [4.78, 5) is 12.5. The fourth-order valence-corrected chi connectivity index (χ4v) is 3.54. The number of carbonyl (C=O) groups is 1. The molecule has 0 fully saturated rings. The second-order valence-corrected chi connectivity index (χ2v) is 8.41. The van der Waals surface area contributed by atoms with Crippen molar-refractivity contribution in [3.05, 3.63) is 35.4 Å². The zero-order chi connectivity index (χ0) is 22.2. The fraction of sp³-hybridized carbons (Fsp3) is 0.667. The lowest BCUT2D eigenvalue weighted by molar-refractivity contribution is -0.131. The van der Waals surface area contributed by atoms with Crippen molar-refractivity contribution < 1.29 is 14.4 Å². The number of oxime groups is 1. The lowest BCUT2D eigenvalue weighted by Crippen LogP contribution is -2.47. The highest BCUT2D eigenvalue weighted by Gasteiger charge is 2.21. The summed E-state index contributed by atoms with van der Waals surface area (Å²) in [6.07, 6.45) is 14.3. The summed E-state index contributed by atoms with van der Waals surface area (Å²) in [7, 11) is 0. The first-order chi connectivity index (χ1) is 14.5. The van der Waals surface area contributed by atoms with E-state index in [0.717, 1.165) is 6.42 Å². The average Bonchev–Trinajstić information content (AvgIpc) is 2.73. The lowest BCUT2D eigenvalue weighted by atomic mass is 10.0. The van der Waals surface area contributed by atoms with Gasteiger partial charge in [0.25, 0.3) is 5.91 Å². The van der Waals surface area contributed by atoms with E-state index in [1.165, 1.54) is 69.8 Å². The van der Waals surface area contributed by atoms with Crippen LogP contribution >= 0.6 is 0 Å². The molecule has 1 aromatic carbocycles. The van der Waals surface area contributed by atoms with E-state index >= 15 is 0 Å². The summed E-state index contributed by atoms with van der Waals surface area (Å²) >= 11 is 0. The summed E-state index contributed by atoms with van der Waals surface area (Å²) in [6.45, 7) is 5.98. The van der Waals surface area contributed by atoms with Crippen LogP contribution in [-0.4, -0.2) is 17.8 Å². The second-order valence-electron chi connectivity index (χ2n) is 8.41. The Hall–Kier alpha value is -2.11. The van der Waals surface area contributed by atoms with E-state index in [1.54, 1.807) is 0 Å². The van der Waals surface area contributed by atoms with E-state index < -0.39 is 6.04 Å². The monoisotopic (exact) mass is 421 g/mol. The molecule has 6 heteroatoms. The number of rotatable bonds is 16. The molecular weight excluding hydrogens is 381 g/mol. The summed E-state index contributed by atoms with van der Waals surface area (Å²) in [5.74, 6) is -0.418. The maximum Gasteiger partial charge on any atom is 0.251 e. The lowest BCUT2D eigenvalue weighted by Gasteiger charge is -2.20. The third-order valence-electron chi connectivity index (χ3n) is 5.45. The van der Waals surface area contributed by atoms with E-state index in [9.17, 15) is 9.32 Å². The van der Waals surface area contributed by atoms with Gasteiger partial charge in [-0.2, -0.15) is 5.04 Å². The molecule has 0 aliphatic rings. The number of nitrogens with two attached hydrogens (primary N) is 1. The normalized spacial score (nSPS) is 12.8. The first kappa shape index (κ1) is 25.9. The molecule has 0 aliphatic carbocycles. The summed E-state index contributed by atoms with van der Waals surface area (Å²) in [5, 5.41) is 9.12. The summed E-state index contributed by atoms with van der Waals surface area (Å²) < 4.78 is 11.9. The van der Waals surface area contributed by atoms with Crippen molar-refractivity contribution in [2.45, 2.75) is 97.4 Å². The molecule has 0 saturated carbocycles. The van der Waals surface area contributed by atoms with E-state index in [1.807, 2.05) is 38.1 Å². The van der Waals surface area contributed by atoms with Crippen LogP contribution in [0.4, 0.5) is 4.53 Å². The molecule has 0 aromatic heterocycles. The zero-order valence-electron chi connectivity index (χ0n) is 19.0. The van der Waals surface area contributed by atoms with Crippen LogP contribution in [0.5, 0.6) is 0 Å². The largest absolute Gasteiger partial charge is 0.383 e. The maximum absolute atomic E-state index is 12.5. The Kier molecular flexibility index (Phi) is 13.6. The third kappa shape index (κ3) is 10.6. The van der Waals surface area contributed by atoms with Crippen LogP contribution < -0.4 is 11.1 Å². The Balaban J connectivity index is 2.32. The third-order valence-corrected chi connectivity index (χ3v) is 5.45. The standard InChI is InChI=1S/C24H40FN3O2/c1-4-5-6-7-8-9-10-11-12-13-14-20-15-17-21(18-16-20)24(29)27-22(19(2)3)23(26)28-30-25/h15-19,22H,4-14H2,1-3H3,(H2,26,28)(H,27,29). The van der Waals surface area contributed by atoms with E-state index in [4.69, 9.17) is 5.73 Å². The maximum atomic E-state index is 12.5. The fourth-order valence-electron chi connectivity index (χ4n) is 3.54. The number of hydrogen-bond acceptors (Lipinski definition) is 3. The number of amides is 1. The molecule has 170 valence electrons. The highest BCUT2D eigenvalue weighted by Crippen LogP contribution is 2.13. The van der Waals surface area contributed by atoms with Gasteiger partial charge in [-0.15, -0.1) is 0 Å². The van der Waals surface area contributed by atoms with Gasteiger partial charge < -0.3 is 11.1 Å². The molecule has 1 unspecified atom stereocenters. The molecule has 1 atom stereocenters. The number of halogens is 1. The Bertz CT molecular complexity index is 617. The quantitative estimate of drug-likeness (QED) is 0.147. The molecule has 0 radical (unpaired) electrons. The molecule has 0 aliphatic heterocycles. The molecule has 1 aromatic rings. The van der Waals surface area contributed by atoms with Crippen LogP contribution in [-0.2, 0) is 11.5 Å². The molecule has 0 spiro atoms. The van der Waals surface area contributed by atoms with Gasteiger partial charge in [-0.25, -0.2) is 0 Å². The highest BCUT2D eigenvalue weighted by atomic mass is 19.3. The minimum atomic E-state index is -0.598. The number of nitrogens with one attached hydrogen (secondary N) is 1. The molecule has 1 amide bonds. The van der Waals surface area contributed by atoms with Crippen LogP contribution in [0.1, 0.15) is 101 Å². The van der Waals surface area contributed by atoms with Gasteiger partial charge in [0.1, 0.15) is 0 Å². The van der Waals surface area contributed by atoms with Crippen molar-refractivity contribution in [1.82, 2.24) is 5.32 Å². The highest BCUT2D eigenvalue weighted by molar-refractivity contribution is 5.98. The van der Waals surface area contributed by atoms with Crippen molar-refractivity contribution in [2.75, 3.05) is 0 Å². The molecule has 0 heterocycles. The van der Waals surface area contributed by atoms with Crippen LogP contribution in [0.15, 0.2) is 29.4 Å². The molecule has 0 saturated heterocycles. The van der Waals surface area contributed by atoms with Gasteiger partial charge in [-0.05, 0) is 41.6 Å². The van der Waals surface area contributed by atoms with E-state index in [0.29, 0.717) is 5.56 Å². The zero-order valence-corrected chi connectivity index (χ0v) is 19.0. The summed E-state index contributed by atoms with van der Waals surface area (Å²) in [6, 6.07) is 7.03. The molecule has 1 rings (SSSR count). The van der Waals surface area contributed by atoms with Gasteiger partial charge in [-0.1, -0.05) is 90.7 Å². The molecule has 3 N–H and O–H groups in total. The van der Waals surface area contributed by atoms with Crippen molar-refractivity contribution >= 4 is 11.7 Å². The van der Waals surface area contributed by atoms with Crippen molar-refractivity contribution in [2.24, 2.45) is 16.8 Å². The Labute approximate surface area is 181 Å². The average molecular weight is 422 g/mol. The van der Waals surface area contributed by atoms with Gasteiger partial charge in [0.15, 0.2) is 5.84 Å². The minimum Gasteiger partial charge on any atom is -0.383 e. The number of benzene rings is 1. The van der Waals surface area contributed by atoms with Crippen LogP contribution in [0.25, 0.3) is 0 Å². The first-order valence-electron chi connectivity index (χ1n) is 11.5. The first-order valence-corrected chi connectivity index (χ1v) is 11.5. The smallest absolute Gasteiger partial charge is 0.251 e. The van der Waals surface area contributed by atoms with E-state index in [-0.39, 0.29) is 17.7 Å². The van der Waals surface area contributed by atoms with Crippen LogP contribution in [0, 0.1) is 5.92 Å². The topological polar surface area (TPSA) is 76.7 Å². The van der Waals surface area contributed by atoms with Gasteiger partial charge in [0.2, 0.25) is 0 Å². The Morgan fingerprint density at radius 1 is 1.00 bits per heavy atom. The predicted octanol–water partition coefficient (Wildman–Crippen LogP) is 6.08. The van der Waals surface area contributed by atoms with Gasteiger partial charge in [0, 0.05) is 10.1 Å². The van der Waals surface area contributed by atoms with Crippen LogP contribution in [0.3, 0.4) is 0 Å². The van der Waals surface area contributed by atoms with Crippen molar-refractivity contribution in [1.29, 1.82) is 0 Å². The number of nitrogens with zero attached hydrogens (tertiary/aromatic N) is 1. The van der Waals surface area contributed by atoms with Crippen molar-refractivity contribution in [3.63, 3.8) is 0 Å². The Morgan fingerprint density at radius 3 is 2.03 bits per heavy atom. The molecule has 30 heavy (non-hydrogen) atoms. The summed E-state index contributed by atoms with van der Waals surface area (Å²) in [5.41, 5.74) is 7.45. The molecule has 0 bridgehead atoms. The second kappa shape index (κ2) is 15.7. The molecule has 5 nitrogen and oxygen atoms in total.